The monoisotopic (exact) mass is 241 g/mol. The molecular weight excluding hydrogens is 218 g/mol. The summed E-state index contributed by atoms with van der Waals surface area (Å²) in [6.45, 7) is 7.74. The van der Waals surface area contributed by atoms with Crippen LogP contribution in [0.3, 0.4) is 0 Å². The van der Waals surface area contributed by atoms with Crippen molar-refractivity contribution in [2.24, 2.45) is 23.7 Å². The molecule has 4 nitrogen and oxygen atoms in total. The lowest BCUT2D eigenvalue weighted by atomic mass is 9.70. The summed E-state index contributed by atoms with van der Waals surface area (Å²) in [4.78, 5) is 27.2. The number of nitrogens with one attached hydrogen (secondary N) is 1. The summed E-state index contributed by atoms with van der Waals surface area (Å²) in [6.07, 6.45) is 3.15. The van der Waals surface area contributed by atoms with Gasteiger partial charge in [-0.1, -0.05) is 27.2 Å². The summed E-state index contributed by atoms with van der Waals surface area (Å²) in [5.74, 6) is 0.780. The van der Waals surface area contributed by atoms with Crippen LogP contribution in [0.2, 0.25) is 0 Å². The molecule has 98 valence electrons. The first-order valence-corrected chi connectivity index (χ1v) is 6.39. The van der Waals surface area contributed by atoms with Crippen LogP contribution in [0.25, 0.3) is 0 Å². The molecule has 1 saturated carbocycles. The van der Waals surface area contributed by atoms with E-state index in [1.165, 1.54) is 13.3 Å². The second-order valence-electron chi connectivity index (χ2n) is 5.49. The molecular formula is C13H23NO3. The first-order chi connectivity index (χ1) is 7.91. The van der Waals surface area contributed by atoms with Crippen LogP contribution < -0.4 is 5.48 Å². The van der Waals surface area contributed by atoms with Gasteiger partial charge < -0.3 is 4.84 Å². The Hall–Kier alpha value is -1.06. The average Bonchev–Trinajstić information content (AvgIpc) is 2.25. The summed E-state index contributed by atoms with van der Waals surface area (Å²) in [5, 5.41) is 0. The fourth-order valence-electron chi connectivity index (χ4n) is 2.70. The minimum atomic E-state index is -0.483. The maximum Gasteiger partial charge on any atom is 0.329 e. The molecule has 0 radical (unpaired) electrons. The van der Waals surface area contributed by atoms with E-state index in [0.29, 0.717) is 17.8 Å². The smallest absolute Gasteiger partial charge is 0.329 e. The lowest BCUT2D eigenvalue weighted by Gasteiger charge is -2.36. The number of hydroxylamine groups is 1. The van der Waals surface area contributed by atoms with E-state index in [4.69, 9.17) is 0 Å². The van der Waals surface area contributed by atoms with Crippen molar-refractivity contribution in [2.45, 2.75) is 47.0 Å². The fourth-order valence-corrected chi connectivity index (χ4v) is 2.70. The van der Waals surface area contributed by atoms with E-state index < -0.39 is 5.97 Å². The number of rotatable bonds is 2. The van der Waals surface area contributed by atoms with E-state index in [9.17, 15) is 9.59 Å². The summed E-state index contributed by atoms with van der Waals surface area (Å²) < 4.78 is 0. The van der Waals surface area contributed by atoms with Crippen LogP contribution >= 0.6 is 0 Å². The van der Waals surface area contributed by atoms with Crippen molar-refractivity contribution in [3.05, 3.63) is 0 Å². The van der Waals surface area contributed by atoms with Crippen molar-refractivity contribution in [1.82, 2.24) is 5.48 Å². The molecule has 0 saturated heterocycles. The Morgan fingerprint density at radius 3 is 2.47 bits per heavy atom. The molecule has 0 aromatic heterocycles. The van der Waals surface area contributed by atoms with Gasteiger partial charge >= 0.3 is 5.97 Å². The van der Waals surface area contributed by atoms with Gasteiger partial charge in [-0.05, 0) is 30.6 Å². The summed E-state index contributed by atoms with van der Waals surface area (Å²) in [6, 6.07) is 0. The lowest BCUT2D eigenvalue weighted by molar-refractivity contribution is -0.159. The van der Waals surface area contributed by atoms with Gasteiger partial charge in [0.1, 0.15) is 0 Å². The molecule has 1 aliphatic carbocycles. The average molecular weight is 241 g/mol. The minimum absolute atomic E-state index is 0.0295. The predicted octanol–water partition coefficient (Wildman–Crippen LogP) is 2.29. The van der Waals surface area contributed by atoms with Crippen LogP contribution in [0.1, 0.15) is 47.0 Å². The van der Waals surface area contributed by atoms with Crippen LogP contribution in [-0.2, 0) is 14.4 Å². The van der Waals surface area contributed by atoms with Crippen LogP contribution in [0.4, 0.5) is 0 Å². The molecule has 1 aliphatic rings. The Morgan fingerprint density at radius 2 is 1.94 bits per heavy atom. The van der Waals surface area contributed by atoms with E-state index in [-0.39, 0.29) is 11.8 Å². The molecule has 0 aromatic rings. The van der Waals surface area contributed by atoms with Gasteiger partial charge in [-0.2, -0.15) is 5.48 Å². The molecule has 1 fully saturated rings. The Morgan fingerprint density at radius 1 is 1.29 bits per heavy atom. The standard InChI is InChI=1S/C13H23NO3/c1-8(2)11-6-5-9(3)7-12(11)13(16)14-17-10(4)15/h8-9,11-12H,5-7H2,1-4H3,(H,14,16). The van der Waals surface area contributed by atoms with Crippen LogP contribution in [0, 0.1) is 23.7 Å². The van der Waals surface area contributed by atoms with Gasteiger partial charge in [0.15, 0.2) is 0 Å². The van der Waals surface area contributed by atoms with Gasteiger partial charge in [0.25, 0.3) is 5.91 Å². The maximum atomic E-state index is 12.0. The highest BCUT2D eigenvalue weighted by molar-refractivity contribution is 5.79. The molecule has 3 atom stereocenters. The summed E-state index contributed by atoms with van der Waals surface area (Å²) >= 11 is 0. The number of hydrogen-bond donors (Lipinski definition) is 1. The summed E-state index contributed by atoms with van der Waals surface area (Å²) in [5.41, 5.74) is 2.27. The van der Waals surface area contributed by atoms with E-state index in [1.807, 2.05) is 0 Å². The Bertz CT molecular complexity index is 288. The molecule has 1 rings (SSSR count). The van der Waals surface area contributed by atoms with Gasteiger partial charge in [0, 0.05) is 12.8 Å². The van der Waals surface area contributed by atoms with E-state index >= 15 is 0 Å². The topological polar surface area (TPSA) is 55.4 Å². The molecule has 1 amide bonds. The van der Waals surface area contributed by atoms with Gasteiger partial charge in [0.05, 0.1) is 0 Å². The second kappa shape index (κ2) is 6.03. The molecule has 0 bridgehead atoms. The van der Waals surface area contributed by atoms with Crippen molar-refractivity contribution in [3.8, 4) is 0 Å². The number of carbonyl (C=O) groups excluding carboxylic acids is 2. The molecule has 17 heavy (non-hydrogen) atoms. The van der Waals surface area contributed by atoms with Crippen molar-refractivity contribution >= 4 is 11.9 Å². The summed E-state index contributed by atoms with van der Waals surface area (Å²) in [7, 11) is 0. The molecule has 3 unspecified atom stereocenters. The Balaban J connectivity index is 2.62. The van der Waals surface area contributed by atoms with E-state index in [0.717, 1.165) is 12.8 Å². The first kappa shape index (κ1) is 14.0. The third-order valence-electron chi connectivity index (χ3n) is 3.65. The molecule has 0 aromatic carbocycles. The zero-order chi connectivity index (χ0) is 13.0. The first-order valence-electron chi connectivity index (χ1n) is 6.39. The maximum absolute atomic E-state index is 12.0. The quantitative estimate of drug-likeness (QED) is 0.755. The Labute approximate surface area is 103 Å². The van der Waals surface area contributed by atoms with Crippen molar-refractivity contribution < 1.29 is 14.4 Å². The van der Waals surface area contributed by atoms with Crippen molar-refractivity contribution in [3.63, 3.8) is 0 Å². The van der Waals surface area contributed by atoms with Crippen LogP contribution in [0.15, 0.2) is 0 Å². The third-order valence-corrected chi connectivity index (χ3v) is 3.65. The molecule has 1 N–H and O–H groups in total. The van der Waals surface area contributed by atoms with Crippen LogP contribution in [-0.4, -0.2) is 11.9 Å². The normalized spacial score (nSPS) is 28.9. The van der Waals surface area contributed by atoms with Crippen LogP contribution in [0.5, 0.6) is 0 Å². The molecule has 0 heterocycles. The third kappa shape index (κ3) is 4.02. The second-order valence-corrected chi connectivity index (χ2v) is 5.49. The minimum Gasteiger partial charge on any atom is -0.341 e. The fraction of sp³-hybridized carbons (Fsp3) is 0.846. The van der Waals surface area contributed by atoms with Gasteiger partial charge in [-0.3, -0.25) is 9.59 Å². The zero-order valence-electron chi connectivity index (χ0n) is 11.2. The van der Waals surface area contributed by atoms with Gasteiger partial charge in [-0.15, -0.1) is 0 Å². The SMILES string of the molecule is CC(=O)ONC(=O)C1CC(C)CCC1C(C)C. The molecule has 0 spiro atoms. The lowest BCUT2D eigenvalue weighted by Crippen LogP contribution is -2.40. The highest BCUT2D eigenvalue weighted by Gasteiger charge is 2.35. The largest absolute Gasteiger partial charge is 0.341 e. The number of amides is 1. The Kier molecular flexibility index (Phi) is 4.97. The molecule has 0 aliphatic heterocycles. The number of carbonyl (C=O) groups is 2. The van der Waals surface area contributed by atoms with Crippen molar-refractivity contribution in [2.75, 3.05) is 0 Å². The van der Waals surface area contributed by atoms with E-state index in [2.05, 4.69) is 31.1 Å². The number of hydrogen-bond acceptors (Lipinski definition) is 3. The van der Waals surface area contributed by atoms with Crippen molar-refractivity contribution in [1.29, 1.82) is 0 Å². The molecule has 4 heteroatoms. The van der Waals surface area contributed by atoms with E-state index in [1.54, 1.807) is 0 Å². The zero-order valence-corrected chi connectivity index (χ0v) is 11.2. The highest BCUT2D eigenvalue weighted by Crippen LogP contribution is 2.37. The highest BCUT2D eigenvalue weighted by atomic mass is 16.7. The van der Waals surface area contributed by atoms with Gasteiger partial charge in [-0.25, -0.2) is 0 Å². The van der Waals surface area contributed by atoms with Gasteiger partial charge in [0.2, 0.25) is 0 Å². The predicted molar refractivity (Wildman–Crippen MR) is 64.7 cm³/mol.